The van der Waals surface area contributed by atoms with Crippen molar-refractivity contribution in [2.24, 2.45) is 0 Å². The van der Waals surface area contributed by atoms with Gasteiger partial charge in [0.1, 0.15) is 24.5 Å². The van der Waals surface area contributed by atoms with Gasteiger partial charge in [-0.15, -0.1) is 0 Å². The summed E-state index contributed by atoms with van der Waals surface area (Å²) < 4.78 is 5.82. The number of fused-ring (bicyclic) bond motifs is 2. The van der Waals surface area contributed by atoms with Gasteiger partial charge >= 0.3 is 0 Å². The number of nitriles is 2. The first-order valence-electron chi connectivity index (χ1n) is 26.2. The highest BCUT2D eigenvalue weighted by molar-refractivity contribution is 6.36. The largest absolute Gasteiger partial charge is 0.486 e. The molecule has 0 atom stereocenters. The number of hydrogen-bond acceptors (Lipinski definition) is 14. The number of aryl methyl sites for hydroxylation is 4. The van der Waals surface area contributed by atoms with E-state index in [-0.39, 0.29) is 17.9 Å². The lowest BCUT2D eigenvalue weighted by molar-refractivity contribution is -0.117. The van der Waals surface area contributed by atoms with Gasteiger partial charge in [-0.3, -0.25) is 29.5 Å². The van der Waals surface area contributed by atoms with Gasteiger partial charge in [0, 0.05) is 88.0 Å². The quantitative estimate of drug-likeness (QED) is 0.0503. The Balaban J connectivity index is 0.000000236. The Morgan fingerprint density at radius 2 is 1.22 bits per heavy atom. The second-order valence-electron chi connectivity index (χ2n) is 19.7. The lowest BCUT2D eigenvalue weighted by Crippen LogP contribution is -2.17. The van der Waals surface area contributed by atoms with Gasteiger partial charge in [0.25, 0.3) is 0 Å². The normalized spacial score (nSPS) is 10.6. The molecule has 0 aliphatic rings. The molecule has 8 aromatic rings. The van der Waals surface area contributed by atoms with Crippen LogP contribution in [-0.2, 0) is 29.0 Å². The summed E-state index contributed by atoms with van der Waals surface area (Å²) in [5.74, 6) is 0.439. The molecule has 0 saturated heterocycles. The second-order valence-corrected chi connectivity index (χ2v) is 20.9. The first-order chi connectivity index (χ1) is 38.7. The van der Waals surface area contributed by atoms with E-state index in [2.05, 4.69) is 42.0 Å². The Kier molecular flexibility index (Phi) is 25.5. The number of nitrogens with zero attached hydrogens (tertiary/aromatic N) is 8. The number of carbonyl (C=O) groups is 2. The molecule has 0 aliphatic heterocycles. The van der Waals surface area contributed by atoms with E-state index in [1.54, 1.807) is 50.5 Å². The van der Waals surface area contributed by atoms with Crippen molar-refractivity contribution in [2.75, 3.05) is 63.0 Å². The van der Waals surface area contributed by atoms with Gasteiger partial charge in [0.15, 0.2) is 0 Å². The van der Waals surface area contributed by atoms with E-state index < -0.39 is 0 Å². The van der Waals surface area contributed by atoms with E-state index in [0.29, 0.717) is 96.6 Å². The Morgan fingerprint density at radius 3 is 1.74 bits per heavy atom. The number of benzene rings is 4. The molecule has 8 rings (SSSR count). The Labute approximate surface area is 489 Å². The minimum atomic E-state index is -0.167. The van der Waals surface area contributed by atoms with Gasteiger partial charge in [-0.1, -0.05) is 53.0 Å². The Hall–Kier alpha value is -7.93. The van der Waals surface area contributed by atoms with Crippen molar-refractivity contribution in [3.8, 4) is 17.9 Å². The van der Waals surface area contributed by atoms with Crippen LogP contribution in [0.3, 0.4) is 0 Å². The highest BCUT2D eigenvalue weighted by Gasteiger charge is 2.16. The van der Waals surface area contributed by atoms with Crippen LogP contribution in [0.25, 0.3) is 21.8 Å². The third kappa shape index (κ3) is 20.9. The standard InChI is InChI=1S/C29H29ClN6O2.C17H19ClN4O.C13H13ClN2.C3H8O/c1-19-13-26-23(15-25(19)35-28(37)8-6-12-36(2)3)29(20(16-31)17-33-26)34-21-9-10-27(24(30)14-21)38-18-22-7-4-5-11-32-22;1-11-7-15-13(17(18)12(9-19)10-20-15)8-14(11)21-16(23)5-4-6-22(2)3;14-13-9-11(15)6-4-10(13)5-7-12-3-1-2-8-16-12;1-3(2)4/h4-5,7,9-11,13-15,17H,6,8,12,18H2,1-3H3,(H,33,34)(H,35,37);7-8,10H,4-6H2,1-3H3,(H,21,23);1-4,6,8-9H,5,7,15H2;3-4H,1-2H3. The fourth-order valence-electron chi connectivity index (χ4n) is 7.81. The van der Waals surface area contributed by atoms with Crippen molar-refractivity contribution in [3.63, 3.8) is 0 Å². The van der Waals surface area contributed by atoms with Crippen LogP contribution in [-0.4, -0.2) is 94.0 Å². The molecule has 81 heavy (non-hydrogen) atoms. The number of carbonyl (C=O) groups excluding carboxylic acids is 2. The maximum Gasteiger partial charge on any atom is 0.224 e. The summed E-state index contributed by atoms with van der Waals surface area (Å²) in [6, 6.07) is 34.1. The van der Waals surface area contributed by atoms with Gasteiger partial charge in [-0.2, -0.15) is 10.5 Å². The van der Waals surface area contributed by atoms with Crippen LogP contribution in [0, 0.1) is 36.5 Å². The number of ether oxygens (including phenoxy) is 1. The number of aromatic nitrogens is 4. The third-order valence-corrected chi connectivity index (χ3v) is 13.0. The zero-order valence-electron chi connectivity index (χ0n) is 46.9. The Bertz CT molecular complexity index is 3460. The molecule has 0 spiro atoms. The third-order valence-electron chi connectivity index (χ3n) is 11.9. The van der Waals surface area contributed by atoms with Crippen LogP contribution in [0.4, 0.5) is 28.4 Å². The number of nitrogens with two attached hydrogens (primary N) is 1. The highest BCUT2D eigenvalue weighted by atomic mass is 35.5. The van der Waals surface area contributed by atoms with Gasteiger partial charge in [0.2, 0.25) is 11.8 Å². The van der Waals surface area contributed by atoms with Crippen molar-refractivity contribution in [3.05, 3.63) is 176 Å². The maximum absolute atomic E-state index is 12.6. The van der Waals surface area contributed by atoms with Crippen molar-refractivity contribution < 1.29 is 19.4 Å². The minimum Gasteiger partial charge on any atom is -0.486 e. The van der Waals surface area contributed by atoms with Crippen LogP contribution < -0.4 is 26.4 Å². The van der Waals surface area contributed by atoms with E-state index in [0.717, 1.165) is 71.9 Å². The monoisotopic (exact) mass is 1150 g/mol. The number of rotatable bonds is 18. The van der Waals surface area contributed by atoms with E-state index in [1.807, 2.05) is 131 Å². The van der Waals surface area contributed by atoms with Gasteiger partial charge in [-0.05, 0) is 190 Å². The van der Waals surface area contributed by atoms with Gasteiger partial charge in [0.05, 0.1) is 43.6 Å². The van der Waals surface area contributed by atoms with Crippen LogP contribution >= 0.6 is 34.8 Å². The number of nitrogens with one attached hydrogen (secondary N) is 3. The number of aliphatic hydroxyl groups is 1. The highest BCUT2D eigenvalue weighted by Crippen LogP contribution is 2.36. The van der Waals surface area contributed by atoms with Crippen LogP contribution in [0.15, 0.2) is 122 Å². The molecule has 0 bridgehead atoms. The molecule has 0 aliphatic carbocycles. The summed E-state index contributed by atoms with van der Waals surface area (Å²) in [4.78, 5) is 45.9. The van der Waals surface area contributed by atoms with Crippen molar-refractivity contribution >= 4 is 96.9 Å². The fraction of sp³-hybridized carbons (Fsp3) is 0.290. The molecular weight excluding hydrogens is 1080 g/mol. The summed E-state index contributed by atoms with van der Waals surface area (Å²) in [5, 5.41) is 39.0. The van der Waals surface area contributed by atoms with E-state index in [9.17, 15) is 14.9 Å². The summed E-state index contributed by atoms with van der Waals surface area (Å²) in [7, 11) is 7.92. The minimum absolute atomic E-state index is 0.0326. The van der Waals surface area contributed by atoms with E-state index >= 15 is 0 Å². The molecule has 422 valence electrons. The molecular formula is C62H69Cl3N12O4. The SMILES string of the molecule is CC(C)O.Cc1cc2ncc(C#N)c(Cl)c2cc1NC(=O)CCCN(C)C.Cc1cc2ncc(C#N)c(Nc3ccc(OCc4ccccn4)c(Cl)c3)c2cc1NC(=O)CCCN(C)C.Nc1ccc(CCc2ccccn2)c(Cl)c1. The molecule has 0 unspecified atom stereocenters. The topological polar surface area (TPSA) is 231 Å². The molecule has 0 fully saturated rings. The predicted octanol–water partition coefficient (Wildman–Crippen LogP) is 12.9. The van der Waals surface area contributed by atoms with E-state index in [4.69, 9.17) is 55.6 Å². The Morgan fingerprint density at radius 1 is 0.679 bits per heavy atom. The van der Waals surface area contributed by atoms with E-state index in [1.165, 1.54) is 12.4 Å². The summed E-state index contributed by atoms with van der Waals surface area (Å²) in [6.45, 7) is 9.27. The lowest BCUT2D eigenvalue weighted by atomic mass is 10.0. The number of aliphatic hydroxyl groups excluding tert-OH is 1. The van der Waals surface area contributed by atoms with Crippen molar-refractivity contribution in [2.45, 2.75) is 78.9 Å². The summed E-state index contributed by atoms with van der Waals surface area (Å²) in [5.41, 5.74) is 15.9. The maximum atomic E-state index is 12.6. The van der Waals surface area contributed by atoms with Crippen LogP contribution in [0.1, 0.15) is 78.7 Å². The zero-order valence-corrected chi connectivity index (χ0v) is 49.2. The number of amides is 2. The first-order valence-corrected chi connectivity index (χ1v) is 27.3. The van der Waals surface area contributed by atoms with Gasteiger partial charge < -0.3 is 41.3 Å². The number of pyridine rings is 4. The molecule has 4 aromatic heterocycles. The lowest BCUT2D eigenvalue weighted by Gasteiger charge is -2.16. The number of hydrogen-bond donors (Lipinski definition) is 5. The summed E-state index contributed by atoms with van der Waals surface area (Å²) in [6.07, 6.45) is 10.6. The average Bonchev–Trinajstić information content (AvgIpc) is 3.43. The molecule has 19 heteroatoms. The number of nitrogen functional groups attached to an aromatic ring is 1. The summed E-state index contributed by atoms with van der Waals surface area (Å²) >= 11 is 18.8. The second kappa shape index (κ2) is 32.4. The smallest absolute Gasteiger partial charge is 0.224 e. The molecule has 0 radical (unpaired) electrons. The first kappa shape index (κ1) is 63.9. The number of anilines is 5. The fourth-order valence-corrected chi connectivity index (χ4v) is 8.57. The molecule has 2 amide bonds. The van der Waals surface area contributed by atoms with Crippen molar-refractivity contribution in [1.29, 1.82) is 10.5 Å². The van der Waals surface area contributed by atoms with Crippen LogP contribution in [0.2, 0.25) is 15.1 Å². The molecule has 4 aromatic carbocycles. The molecule has 16 nitrogen and oxygen atoms in total. The van der Waals surface area contributed by atoms with Crippen molar-refractivity contribution in [1.82, 2.24) is 29.7 Å². The predicted molar refractivity (Wildman–Crippen MR) is 328 cm³/mol. The molecule has 0 saturated carbocycles. The van der Waals surface area contributed by atoms with Gasteiger partial charge in [-0.25, -0.2) is 0 Å². The number of halogens is 3. The molecule has 4 heterocycles. The van der Waals surface area contributed by atoms with Crippen LogP contribution in [0.5, 0.6) is 5.75 Å². The zero-order chi connectivity index (χ0) is 59.0. The molecule has 6 N–H and O–H groups in total. The average molecular weight is 1150 g/mol.